The zero-order valence-electron chi connectivity index (χ0n) is 13.2. The van der Waals surface area contributed by atoms with Crippen molar-refractivity contribution in [1.29, 1.82) is 0 Å². The largest absolute Gasteiger partial charge is 0.477 e. The highest BCUT2D eigenvalue weighted by atomic mass is 16.5. The van der Waals surface area contributed by atoms with Crippen LogP contribution in [-0.2, 0) is 14.3 Å². The summed E-state index contributed by atoms with van der Waals surface area (Å²) in [6.07, 6.45) is -0.618. The number of benzene rings is 1. The number of nitrogens with one attached hydrogen (secondary N) is 1. The zero-order valence-corrected chi connectivity index (χ0v) is 13.2. The third kappa shape index (κ3) is 3.39. The molecule has 0 unspecified atom stereocenters. The standard InChI is InChI=1S/C16H21N3O4/c1-17-16(21)14-10-19(12-4-2-3-5-13(12)23-14)11-15(20)18-6-8-22-9-7-18/h2-5,14H,6-11H2,1H3,(H,17,21)/t14-/m0/s1. The Bertz CT molecular complexity index is 586. The first kappa shape index (κ1) is 15.6. The van der Waals surface area contributed by atoms with Crippen LogP contribution in [0.25, 0.3) is 0 Å². The molecule has 0 aliphatic carbocycles. The van der Waals surface area contributed by atoms with Gasteiger partial charge in [-0.25, -0.2) is 0 Å². The third-order valence-electron chi connectivity index (χ3n) is 4.09. The number of carbonyl (C=O) groups is 2. The first-order valence-corrected chi connectivity index (χ1v) is 7.77. The number of amides is 2. The highest BCUT2D eigenvalue weighted by molar-refractivity contribution is 5.86. The summed E-state index contributed by atoms with van der Waals surface area (Å²) in [6, 6.07) is 7.47. The molecule has 7 nitrogen and oxygen atoms in total. The molecule has 0 saturated carbocycles. The van der Waals surface area contributed by atoms with Crippen molar-refractivity contribution >= 4 is 17.5 Å². The molecule has 0 spiro atoms. The molecule has 124 valence electrons. The van der Waals surface area contributed by atoms with E-state index in [-0.39, 0.29) is 18.4 Å². The van der Waals surface area contributed by atoms with E-state index in [9.17, 15) is 9.59 Å². The highest BCUT2D eigenvalue weighted by Gasteiger charge is 2.32. The lowest BCUT2D eigenvalue weighted by Crippen LogP contribution is -2.52. The maximum absolute atomic E-state index is 12.5. The van der Waals surface area contributed by atoms with E-state index < -0.39 is 6.10 Å². The summed E-state index contributed by atoms with van der Waals surface area (Å²) in [5.41, 5.74) is 0.842. The maximum Gasteiger partial charge on any atom is 0.262 e. The Morgan fingerprint density at radius 2 is 2.00 bits per heavy atom. The Hall–Kier alpha value is -2.28. The van der Waals surface area contributed by atoms with Crippen LogP contribution in [0.15, 0.2) is 24.3 Å². The van der Waals surface area contributed by atoms with Gasteiger partial charge in [-0.15, -0.1) is 0 Å². The number of nitrogens with zero attached hydrogens (tertiary/aromatic N) is 2. The fourth-order valence-corrected chi connectivity index (χ4v) is 2.83. The van der Waals surface area contributed by atoms with Crippen LogP contribution in [0.5, 0.6) is 5.75 Å². The molecular formula is C16H21N3O4. The van der Waals surface area contributed by atoms with E-state index in [2.05, 4.69) is 5.32 Å². The number of fused-ring (bicyclic) bond motifs is 1. The molecule has 3 rings (SSSR count). The maximum atomic E-state index is 12.5. The molecule has 2 aliphatic heterocycles. The summed E-state index contributed by atoms with van der Waals surface area (Å²) in [5.74, 6) is 0.478. The summed E-state index contributed by atoms with van der Waals surface area (Å²) in [4.78, 5) is 28.2. The fraction of sp³-hybridized carbons (Fsp3) is 0.500. The summed E-state index contributed by atoms with van der Waals surface area (Å²) in [6.45, 7) is 2.96. The lowest BCUT2D eigenvalue weighted by atomic mass is 10.1. The van der Waals surface area contributed by atoms with E-state index >= 15 is 0 Å². The number of hydrogen-bond donors (Lipinski definition) is 1. The Morgan fingerprint density at radius 3 is 2.74 bits per heavy atom. The number of para-hydroxylation sites is 2. The van der Waals surface area contributed by atoms with Crippen LogP contribution in [0, 0.1) is 0 Å². The minimum Gasteiger partial charge on any atom is -0.477 e. The molecule has 1 aromatic carbocycles. The van der Waals surface area contributed by atoms with Crippen LogP contribution < -0.4 is 15.0 Å². The molecule has 1 saturated heterocycles. The van der Waals surface area contributed by atoms with Gasteiger partial charge in [0.15, 0.2) is 6.10 Å². The van der Waals surface area contributed by atoms with Gasteiger partial charge in [-0.3, -0.25) is 9.59 Å². The monoisotopic (exact) mass is 319 g/mol. The Balaban J connectivity index is 1.76. The van der Waals surface area contributed by atoms with Gasteiger partial charge in [-0.2, -0.15) is 0 Å². The number of rotatable bonds is 3. The van der Waals surface area contributed by atoms with Gasteiger partial charge in [-0.1, -0.05) is 12.1 Å². The van der Waals surface area contributed by atoms with Crippen LogP contribution >= 0.6 is 0 Å². The molecule has 23 heavy (non-hydrogen) atoms. The van der Waals surface area contributed by atoms with E-state index in [1.165, 1.54) is 0 Å². The molecule has 1 fully saturated rings. The second-order valence-electron chi connectivity index (χ2n) is 5.56. The molecule has 2 aliphatic rings. The van der Waals surface area contributed by atoms with Gasteiger partial charge in [0.05, 0.1) is 32.0 Å². The predicted molar refractivity (Wildman–Crippen MR) is 84.5 cm³/mol. The van der Waals surface area contributed by atoms with Crippen molar-refractivity contribution in [2.45, 2.75) is 6.10 Å². The molecule has 2 amide bonds. The van der Waals surface area contributed by atoms with Crippen molar-refractivity contribution in [1.82, 2.24) is 10.2 Å². The highest BCUT2D eigenvalue weighted by Crippen LogP contribution is 2.33. The van der Waals surface area contributed by atoms with E-state index in [1.54, 1.807) is 11.9 Å². The molecule has 0 radical (unpaired) electrons. The summed E-state index contributed by atoms with van der Waals surface area (Å²) in [5, 5.41) is 2.60. The van der Waals surface area contributed by atoms with Gasteiger partial charge in [0.25, 0.3) is 5.91 Å². The molecule has 1 atom stereocenters. The van der Waals surface area contributed by atoms with Crippen LogP contribution in [0.4, 0.5) is 5.69 Å². The predicted octanol–water partition coefficient (Wildman–Crippen LogP) is -0.141. The number of hydrogen-bond acceptors (Lipinski definition) is 5. The number of anilines is 1. The van der Waals surface area contributed by atoms with Gasteiger partial charge in [0.1, 0.15) is 5.75 Å². The summed E-state index contributed by atoms with van der Waals surface area (Å²) in [7, 11) is 1.58. The lowest BCUT2D eigenvalue weighted by Gasteiger charge is -2.36. The van der Waals surface area contributed by atoms with Crippen molar-refractivity contribution in [3.63, 3.8) is 0 Å². The quantitative estimate of drug-likeness (QED) is 0.840. The second-order valence-corrected chi connectivity index (χ2v) is 5.56. The third-order valence-corrected chi connectivity index (χ3v) is 4.09. The van der Waals surface area contributed by atoms with E-state index in [4.69, 9.17) is 9.47 Å². The molecular weight excluding hydrogens is 298 g/mol. The average Bonchev–Trinajstić information content (AvgIpc) is 2.61. The number of likely N-dealkylation sites (N-methyl/N-ethyl adjacent to an activating group) is 1. The number of ether oxygens (including phenoxy) is 2. The van der Waals surface area contributed by atoms with Gasteiger partial charge in [-0.05, 0) is 12.1 Å². The minimum atomic E-state index is -0.618. The molecule has 0 aromatic heterocycles. The SMILES string of the molecule is CNC(=O)[C@@H]1CN(CC(=O)N2CCOCC2)c2ccccc2O1. The lowest BCUT2D eigenvalue weighted by molar-refractivity contribution is -0.134. The molecule has 1 N–H and O–H groups in total. The van der Waals surface area contributed by atoms with Crippen molar-refractivity contribution in [3.8, 4) is 5.75 Å². The van der Waals surface area contributed by atoms with Crippen LogP contribution in [0.3, 0.4) is 0 Å². The van der Waals surface area contributed by atoms with Crippen LogP contribution in [0.1, 0.15) is 0 Å². The second kappa shape index (κ2) is 6.87. The molecule has 2 heterocycles. The summed E-state index contributed by atoms with van der Waals surface area (Å²) >= 11 is 0. The van der Waals surface area contributed by atoms with E-state index in [1.807, 2.05) is 29.2 Å². The first-order chi connectivity index (χ1) is 11.2. The Morgan fingerprint density at radius 1 is 1.26 bits per heavy atom. The van der Waals surface area contributed by atoms with E-state index in [0.717, 1.165) is 5.69 Å². The van der Waals surface area contributed by atoms with Gasteiger partial charge in [0.2, 0.25) is 5.91 Å². The first-order valence-electron chi connectivity index (χ1n) is 7.77. The fourth-order valence-electron chi connectivity index (χ4n) is 2.83. The smallest absolute Gasteiger partial charge is 0.262 e. The summed E-state index contributed by atoms with van der Waals surface area (Å²) < 4.78 is 11.0. The van der Waals surface area contributed by atoms with Crippen LogP contribution in [0.2, 0.25) is 0 Å². The van der Waals surface area contributed by atoms with Gasteiger partial charge < -0.3 is 24.6 Å². The molecule has 7 heteroatoms. The molecule has 1 aromatic rings. The van der Waals surface area contributed by atoms with Gasteiger partial charge in [0, 0.05) is 20.1 Å². The normalized spacial score (nSPS) is 20.5. The van der Waals surface area contributed by atoms with Crippen molar-refractivity contribution in [2.24, 2.45) is 0 Å². The number of carbonyl (C=O) groups excluding carboxylic acids is 2. The van der Waals surface area contributed by atoms with Crippen molar-refractivity contribution < 1.29 is 19.1 Å². The van der Waals surface area contributed by atoms with Crippen molar-refractivity contribution in [3.05, 3.63) is 24.3 Å². The Labute approximate surface area is 135 Å². The number of morpholine rings is 1. The van der Waals surface area contributed by atoms with E-state index in [0.29, 0.717) is 38.6 Å². The van der Waals surface area contributed by atoms with Crippen LogP contribution in [-0.4, -0.2) is 69.3 Å². The van der Waals surface area contributed by atoms with Crippen molar-refractivity contribution in [2.75, 3.05) is 51.3 Å². The molecule has 0 bridgehead atoms. The van der Waals surface area contributed by atoms with Gasteiger partial charge >= 0.3 is 0 Å². The topological polar surface area (TPSA) is 71.1 Å². The zero-order chi connectivity index (χ0) is 16.2. The minimum absolute atomic E-state index is 0.0423. The average molecular weight is 319 g/mol. The Kier molecular flexibility index (Phi) is 4.66.